The number of hydrogen-bond donors (Lipinski definition) is 2. The monoisotopic (exact) mass is 385 g/mol. The van der Waals surface area contributed by atoms with Crippen LogP contribution >= 0.6 is 0 Å². The second-order valence-electron chi connectivity index (χ2n) is 5.70. The summed E-state index contributed by atoms with van der Waals surface area (Å²) >= 11 is 0. The van der Waals surface area contributed by atoms with Crippen molar-refractivity contribution < 1.29 is 27.3 Å². The number of alkyl halides is 3. The second kappa shape index (κ2) is 8.02. The van der Waals surface area contributed by atoms with Gasteiger partial charge in [-0.2, -0.15) is 13.2 Å². The van der Waals surface area contributed by atoms with Crippen molar-refractivity contribution in [2.75, 3.05) is 17.2 Å². The first-order valence-corrected chi connectivity index (χ1v) is 7.73. The van der Waals surface area contributed by atoms with E-state index < -0.39 is 34.1 Å². The van der Waals surface area contributed by atoms with Crippen molar-refractivity contribution in [3.05, 3.63) is 63.5 Å². The molecule has 0 unspecified atom stereocenters. The molecule has 0 saturated carbocycles. The number of benzene rings is 2. The third kappa shape index (κ3) is 5.40. The molecule has 1 amide bonds. The number of nitrogens with one attached hydrogen (secondary N) is 2. The summed E-state index contributed by atoms with van der Waals surface area (Å²) in [6.07, 6.45) is -4.88. The van der Waals surface area contributed by atoms with E-state index in [1.54, 1.807) is 6.92 Å². The number of anilines is 2. The molecule has 6 nitrogen and oxygen atoms in total. The maximum atomic E-state index is 13.6. The molecule has 27 heavy (non-hydrogen) atoms. The van der Waals surface area contributed by atoms with Gasteiger partial charge in [0.05, 0.1) is 16.2 Å². The summed E-state index contributed by atoms with van der Waals surface area (Å²) in [6, 6.07) is 6.24. The van der Waals surface area contributed by atoms with Crippen molar-refractivity contribution in [2.24, 2.45) is 0 Å². The summed E-state index contributed by atoms with van der Waals surface area (Å²) in [5.41, 5.74) is -1.31. The van der Waals surface area contributed by atoms with Gasteiger partial charge >= 0.3 is 6.18 Å². The fourth-order valence-electron chi connectivity index (χ4n) is 2.27. The predicted octanol–water partition coefficient (Wildman–Crippen LogP) is 4.50. The number of halogens is 4. The van der Waals surface area contributed by atoms with Crippen LogP contribution in [0.25, 0.3) is 0 Å². The minimum Gasteiger partial charge on any atom is -0.379 e. The molecule has 0 radical (unpaired) electrons. The summed E-state index contributed by atoms with van der Waals surface area (Å²) in [7, 11) is 0. The summed E-state index contributed by atoms with van der Waals surface area (Å²) in [5, 5.41) is 15.9. The Morgan fingerprint density at radius 1 is 1.15 bits per heavy atom. The zero-order valence-electron chi connectivity index (χ0n) is 14.1. The van der Waals surface area contributed by atoms with E-state index in [4.69, 9.17) is 0 Å². The summed E-state index contributed by atoms with van der Waals surface area (Å²) in [6.45, 7) is 1.63. The molecular formula is C17H15F4N3O3. The van der Waals surface area contributed by atoms with Crippen molar-refractivity contribution in [2.45, 2.75) is 19.5 Å². The van der Waals surface area contributed by atoms with E-state index in [1.165, 1.54) is 18.2 Å². The molecule has 0 aliphatic carbocycles. The Balaban J connectivity index is 2.01. The fourth-order valence-corrected chi connectivity index (χ4v) is 2.27. The van der Waals surface area contributed by atoms with E-state index in [-0.39, 0.29) is 24.3 Å². The molecule has 2 rings (SSSR count). The predicted molar refractivity (Wildman–Crippen MR) is 91.0 cm³/mol. The number of nitro benzene ring substituents is 1. The van der Waals surface area contributed by atoms with Crippen LogP contribution in [-0.4, -0.2) is 17.4 Å². The molecule has 0 atom stereocenters. The lowest BCUT2D eigenvalue weighted by Gasteiger charge is -2.11. The Morgan fingerprint density at radius 2 is 1.85 bits per heavy atom. The van der Waals surface area contributed by atoms with E-state index in [2.05, 4.69) is 10.6 Å². The largest absolute Gasteiger partial charge is 0.416 e. The van der Waals surface area contributed by atoms with E-state index in [9.17, 15) is 32.5 Å². The highest BCUT2D eigenvalue weighted by atomic mass is 19.4. The van der Waals surface area contributed by atoms with Crippen LogP contribution in [0.1, 0.15) is 17.5 Å². The molecule has 0 aromatic heterocycles. The minimum absolute atomic E-state index is 0.000473. The van der Waals surface area contributed by atoms with Gasteiger partial charge in [0.2, 0.25) is 5.91 Å². The zero-order chi connectivity index (χ0) is 20.2. The van der Waals surface area contributed by atoms with Crippen molar-refractivity contribution in [3.63, 3.8) is 0 Å². The lowest BCUT2D eigenvalue weighted by Crippen LogP contribution is -2.17. The highest BCUT2D eigenvalue weighted by molar-refractivity contribution is 5.91. The van der Waals surface area contributed by atoms with Gasteiger partial charge < -0.3 is 10.6 Å². The summed E-state index contributed by atoms with van der Waals surface area (Å²) in [4.78, 5) is 21.9. The smallest absolute Gasteiger partial charge is 0.379 e. The fraction of sp³-hybridized carbons (Fsp3) is 0.235. The number of amides is 1. The van der Waals surface area contributed by atoms with Crippen LogP contribution in [0.3, 0.4) is 0 Å². The Kier molecular flexibility index (Phi) is 5.98. The van der Waals surface area contributed by atoms with Gasteiger partial charge in [-0.1, -0.05) is 6.07 Å². The van der Waals surface area contributed by atoms with E-state index in [1.807, 2.05) is 0 Å². The van der Waals surface area contributed by atoms with Gasteiger partial charge in [0.1, 0.15) is 11.5 Å². The number of carbonyl (C=O) groups excluding carboxylic acids is 1. The standard InChI is InChI=1S/C17H15F4N3O3/c1-10-2-4-12(18)14(8-10)23-16(25)6-7-22-13-5-3-11(17(19,20)21)9-15(13)24(26)27/h2-5,8-9,22H,6-7H2,1H3,(H,23,25). The quantitative estimate of drug-likeness (QED) is 0.436. The Bertz CT molecular complexity index is 869. The lowest BCUT2D eigenvalue weighted by molar-refractivity contribution is -0.384. The second-order valence-corrected chi connectivity index (χ2v) is 5.70. The number of hydrogen-bond acceptors (Lipinski definition) is 4. The molecule has 2 N–H and O–H groups in total. The first-order chi connectivity index (χ1) is 12.6. The van der Waals surface area contributed by atoms with Crippen molar-refractivity contribution in [3.8, 4) is 0 Å². The molecule has 0 aliphatic rings. The van der Waals surface area contributed by atoms with Crippen LogP contribution in [0.2, 0.25) is 0 Å². The van der Waals surface area contributed by atoms with Gasteiger partial charge in [-0.25, -0.2) is 4.39 Å². The molecule has 0 bridgehead atoms. The number of aryl methyl sites for hydroxylation is 1. The third-order valence-electron chi connectivity index (χ3n) is 3.59. The molecule has 144 valence electrons. The third-order valence-corrected chi connectivity index (χ3v) is 3.59. The molecule has 0 saturated heterocycles. The Morgan fingerprint density at radius 3 is 2.48 bits per heavy atom. The van der Waals surface area contributed by atoms with Crippen LogP contribution in [0, 0.1) is 22.9 Å². The van der Waals surface area contributed by atoms with Crippen LogP contribution in [0.15, 0.2) is 36.4 Å². The van der Waals surface area contributed by atoms with Crippen molar-refractivity contribution in [1.82, 2.24) is 0 Å². The molecule has 2 aromatic rings. The molecule has 0 heterocycles. The van der Waals surface area contributed by atoms with E-state index >= 15 is 0 Å². The van der Waals surface area contributed by atoms with Crippen LogP contribution in [-0.2, 0) is 11.0 Å². The van der Waals surface area contributed by atoms with E-state index in [0.29, 0.717) is 12.1 Å². The van der Waals surface area contributed by atoms with Gasteiger partial charge in [-0.05, 0) is 36.8 Å². The highest BCUT2D eigenvalue weighted by Crippen LogP contribution is 2.34. The van der Waals surface area contributed by atoms with Crippen molar-refractivity contribution in [1.29, 1.82) is 0 Å². The van der Waals surface area contributed by atoms with Gasteiger partial charge in [0.15, 0.2) is 0 Å². The molecule has 0 spiro atoms. The van der Waals surface area contributed by atoms with Gasteiger partial charge in [-0.3, -0.25) is 14.9 Å². The molecule has 10 heteroatoms. The maximum absolute atomic E-state index is 13.6. The summed E-state index contributed by atoms with van der Waals surface area (Å²) in [5.74, 6) is -1.16. The van der Waals surface area contributed by atoms with Gasteiger partial charge in [0, 0.05) is 19.0 Å². The molecular weight excluding hydrogens is 370 g/mol. The first kappa shape index (κ1) is 20.1. The lowest BCUT2D eigenvalue weighted by atomic mass is 10.1. The Labute approximate surface area is 151 Å². The van der Waals surface area contributed by atoms with Crippen molar-refractivity contribution >= 4 is 23.0 Å². The molecule has 2 aromatic carbocycles. The zero-order valence-corrected chi connectivity index (χ0v) is 14.1. The van der Waals surface area contributed by atoms with Gasteiger partial charge in [0.25, 0.3) is 5.69 Å². The van der Waals surface area contributed by atoms with Crippen LogP contribution < -0.4 is 10.6 Å². The average molecular weight is 385 g/mol. The van der Waals surface area contributed by atoms with Gasteiger partial charge in [-0.15, -0.1) is 0 Å². The molecule has 0 fully saturated rings. The number of carbonyl (C=O) groups is 1. The average Bonchev–Trinajstić information content (AvgIpc) is 2.57. The number of nitro groups is 1. The molecule has 0 aliphatic heterocycles. The number of rotatable bonds is 6. The van der Waals surface area contributed by atoms with Crippen LogP contribution in [0.4, 0.5) is 34.6 Å². The highest BCUT2D eigenvalue weighted by Gasteiger charge is 2.33. The SMILES string of the molecule is Cc1ccc(F)c(NC(=O)CCNc2ccc(C(F)(F)F)cc2[N+](=O)[O-])c1. The topological polar surface area (TPSA) is 84.3 Å². The van der Waals surface area contributed by atoms with Crippen LogP contribution in [0.5, 0.6) is 0 Å². The first-order valence-electron chi connectivity index (χ1n) is 7.73. The maximum Gasteiger partial charge on any atom is 0.416 e. The van der Waals surface area contributed by atoms with E-state index in [0.717, 1.165) is 11.6 Å². The normalized spacial score (nSPS) is 11.1. The minimum atomic E-state index is -4.71. The Hall–Kier alpha value is -3.17. The number of nitrogens with zero attached hydrogens (tertiary/aromatic N) is 1. The summed E-state index contributed by atoms with van der Waals surface area (Å²) < 4.78 is 51.6.